The molecule has 0 bridgehead atoms. The minimum absolute atomic E-state index is 0.0489. The number of carbonyl (C=O) groups excluding carboxylic acids is 1. The van der Waals surface area contributed by atoms with Gasteiger partial charge in [-0.25, -0.2) is 14.5 Å². The van der Waals surface area contributed by atoms with Crippen molar-refractivity contribution in [2.75, 3.05) is 7.11 Å². The van der Waals surface area contributed by atoms with E-state index in [-0.39, 0.29) is 24.2 Å². The molecule has 0 aliphatic heterocycles. The number of carbonyl (C=O) groups is 1. The first kappa shape index (κ1) is 22.1. The Kier molecular flexibility index (Phi) is 7.12. The zero-order valence-corrected chi connectivity index (χ0v) is 18.5. The molecule has 0 spiro atoms. The summed E-state index contributed by atoms with van der Waals surface area (Å²) in [6, 6.07) is 12.9. The van der Waals surface area contributed by atoms with E-state index in [1.54, 1.807) is 18.1 Å². The second kappa shape index (κ2) is 9.97. The zero-order valence-electron chi connectivity index (χ0n) is 18.5. The van der Waals surface area contributed by atoms with Crippen molar-refractivity contribution in [3.8, 4) is 17.2 Å². The fraction of sp³-hybridized carbons (Fsp3) is 0.348. The molecule has 1 aromatic heterocycles. The van der Waals surface area contributed by atoms with E-state index in [0.717, 1.165) is 16.8 Å². The van der Waals surface area contributed by atoms with Crippen molar-refractivity contribution in [1.29, 1.82) is 0 Å². The number of ether oxygens (including phenoxy) is 2. The molecule has 0 radical (unpaired) electrons. The molecule has 31 heavy (non-hydrogen) atoms. The van der Waals surface area contributed by atoms with Crippen LogP contribution in [0.1, 0.15) is 50.9 Å². The van der Waals surface area contributed by atoms with Crippen LogP contribution in [0.3, 0.4) is 0 Å². The first-order valence-electron chi connectivity index (χ1n) is 10.2. The Morgan fingerprint density at radius 3 is 2.16 bits per heavy atom. The van der Waals surface area contributed by atoms with E-state index < -0.39 is 0 Å². The van der Waals surface area contributed by atoms with E-state index in [0.29, 0.717) is 11.5 Å². The number of benzene rings is 2. The average Bonchev–Trinajstić information content (AvgIpc) is 3.28. The van der Waals surface area contributed by atoms with Crippen LogP contribution in [0.15, 0.2) is 55.1 Å². The number of rotatable bonds is 8. The average molecular weight is 424 g/mol. The Morgan fingerprint density at radius 1 is 0.935 bits per heavy atom. The number of aromatic nitrogens is 3. The van der Waals surface area contributed by atoms with Crippen molar-refractivity contribution in [2.45, 2.75) is 45.9 Å². The predicted octanol–water partition coefficient (Wildman–Crippen LogP) is 4.18. The third-order valence-electron chi connectivity index (χ3n) is 4.82. The smallest absolute Gasteiger partial charge is 0.315 e. The zero-order chi connectivity index (χ0) is 22.4. The fourth-order valence-electron chi connectivity index (χ4n) is 3.16. The lowest BCUT2D eigenvalue weighted by Gasteiger charge is -2.20. The van der Waals surface area contributed by atoms with Crippen molar-refractivity contribution >= 4 is 6.03 Å². The SMILES string of the molecule is COc1cc(C(C)NC(=O)NC(C)c2ccc(-n3cncn3)cc2)ccc1OC(C)C. The topological polar surface area (TPSA) is 90.3 Å². The second-order valence-corrected chi connectivity index (χ2v) is 7.57. The first-order chi connectivity index (χ1) is 14.9. The van der Waals surface area contributed by atoms with Crippen LogP contribution in [-0.2, 0) is 0 Å². The Morgan fingerprint density at radius 2 is 1.58 bits per heavy atom. The van der Waals surface area contributed by atoms with Crippen molar-refractivity contribution in [2.24, 2.45) is 0 Å². The number of hydrogen-bond donors (Lipinski definition) is 2. The van der Waals surface area contributed by atoms with Crippen LogP contribution in [0.25, 0.3) is 5.69 Å². The predicted molar refractivity (Wildman–Crippen MR) is 119 cm³/mol. The molecule has 0 saturated heterocycles. The van der Waals surface area contributed by atoms with Gasteiger partial charge in [0.25, 0.3) is 0 Å². The molecule has 8 heteroatoms. The monoisotopic (exact) mass is 423 g/mol. The molecule has 0 aliphatic carbocycles. The molecule has 2 aromatic carbocycles. The van der Waals surface area contributed by atoms with Crippen molar-refractivity contribution in [3.63, 3.8) is 0 Å². The fourth-order valence-corrected chi connectivity index (χ4v) is 3.16. The number of methoxy groups -OCH3 is 1. The van der Waals surface area contributed by atoms with Crippen molar-refractivity contribution < 1.29 is 14.3 Å². The standard InChI is InChI=1S/C23H29N5O3/c1-15(2)31-21-11-8-19(12-22(21)30-5)17(4)27-23(29)26-16(3)18-6-9-20(10-7-18)28-14-24-13-25-28/h6-17H,1-5H3,(H2,26,27,29). The highest BCUT2D eigenvalue weighted by atomic mass is 16.5. The van der Waals surface area contributed by atoms with E-state index in [4.69, 9.17) is 9.47 Å². The Hall–Kier alpha value is -3.55. The number of hydrogen-bond acceptors (Lipinski definition) is 5. The summed E-state index contributed by atoms with van der Waals surface area (Å²) in [5.41, 5.74) is 2.82. The Bertz CT molecular complexity index is 987. The summed E-state index contributed by atoms with van der Waals surface area (Å²) < 4.78 is 12.9. The van der Waals surface area contributed by atoms with Crippen LogP contribution in [-0.4, -0.2) is 34.0 Å². The normalized spacial score (nSPS) is 12.8. The summed E-state index contributed by atoms with van der Waals surface area (Å²) in [7, 11) is 1.60. The van der Waals surface area contributed by atoms with Crippen LogP contribution in [0.2, 0.25) is 0 Å². The van der Waals surface area contributed by atoms with Gasteiger partial charge >= 0.3 is 6.03 Å². The largest absolute Gasteiger partial charge is 0.493 e. The Balaban J connectivity index is 1.59. The van der Waals surface area contributed by atoms with Crippen LogP contribution < -0.4 is 20.1 Å². The van der Waals surface area contributed by atoms with Gasteiger partial charge in [0.1, 0.15) is 12.7 Å². The highest BCUT2D eigenvalue weighted by Gasteiger charge is 2.15. The quantitative estimate of drug-likeness (QED) is 0.567. The molecule has 8 nitrogen and oxygen atoms in total. The van der Waals surface area contributed by atoms with Gasteiger partial charge in [0, 0.05) is 0 Å². The highest BCUT2D eigenvalue weighted by molar-refractivity contribution is 5.75. The summed E-state index contributed by atoms with van der Waals surface area (Å²) in [5, 5.41) is 10.1. The Labute approximate surface area is 182 Å². The van der Waals surface area contributed by atoms with Gasteiger partial charge in [0.15, 0.2) is 11.5 Å². The van der Waals surface area contributed by atoms with Crippen LogP contribution in [0, 0.1) is 0 Å². The van der Waals surface area contributed by atoms with Gasteiger partial charge in [-0.3, -0.25) is 0 Å². The molecule has 1 heterocycles. The second-order valence-electron chi connectivity index (χ2n) is 7.57. The maximum atomic E-state index is 12.5. The molecule has 3 rings (SSSR count). The molecular weight excluding hydrogens is 394 g/mol. The van der Waals surface area contributed by atoms with Crippen molar-refractivity contribution in [3.05, 3.63) is 66.2 Å². The summed E-state index contributed by atoms with van der Waals surface area (Å²) in [6.45, 7) is 7.79. The maximum absolute atomic E-state index is 12.5. The van der Waals surface area contributed by atoms with Crippen LogP contribution in [0.4, 0.5) is 4.79 Å². The van der Waals surface area contributed by atoms with Gasteiger partial charge in [-0.1, -0.05) is 18.2 Å². The molecule has 0 aliphatic rings. The highest BCUT2D eigenvalue weighted by Crippen LogP contribution is 2.31. The number of nitrogens with one attached hydrogen (secondary N) is 2. The molecule has 2 N–H and O–H groups in total. The third-order valence-corrected chi connectivity index (χ3v) is 4.82. The van der Waals surface area contributed by atoms with E-state index in [2.05, 4.69) is 20.7 Å². The van der Waals surface area contributed by atoms with Crippen molar-refractivity contribution in [1.82, 2.24) is 25.4 Å². The summed E-state index contributed by atoms with van der Waals surface area (Å²) in [5.74, 6) is 1.32. The molecule has 0 fully saturated rings. The lowest BCUT2D eigenvalue weighted by Crippen LogP contribution is -2.38. The minimum atomic E-state index is -0.248. The van der Waals surface area contributed by atoms with Crippen LogP contribution in [0.5, 0.6) is 11.5 Å². The third kappa shape index (κ3) is 5.75. The molecule has 0 saturated carbocycles. The first-order valence-corrected chi connectivity index (χ1v) is 10.2. The molecule has 2 amide bonds. The summed E-state index contributed by atoms with van der Waals surface area (Å²) >= 11 is 0. The molecule has 2 unspecified atom stereocenters. The van der Waals surface area contributed by atoms with E-state index in [1.165, 1.54) is 6.33 Å². The van der Waals surface area contributed by atoms with E-state index in [9.17, 15) is 4.79 Å². The van der Waals surface area contributed by atoms with E-state index in [1.807, 2.05) is 70.2 Å². The summed E-state index contributed by atoms with van der Waals surface area (Å²) in [4.78, 5) is 16.5. The van der Waals surface area contributed by atoms with Gasteiger partial charge in [-0.15, -0.1) is 0 Å². The minimum Gasteiger partial charge on any atom is -0.493 e. The molecular formula is C23H29N5O3. The van der Waals surface area contributed by atoms with Gasteiger partial charge in [0.05, 0.1) is 31.0 Å². The van der Waals surface area contributed by atoms with Gasteiger partial charge in [-0.05, 0) is 63.1 Å². The van der Waals surface area contributed by atoms with Crippen LogP contribution >= 0.6 is 0 Å². The van der Waals surface area contributed by atoms with Gasteiger partial charge in [-0.2, -0.15) is 5.10 Å². The number of nitrogens with zero attached hydrogens (tertiary/aromatic N) is 3. The van der Waals surface area contributed by atoms with Gasteiger partial charge in [0.2, 0.25) is 0 Å². The molecule has 3 aromatic rings. The van der Waals surface area contributed by atoms with Gasteiger partial charge < -0.3 is 20.1 Å². The molecule has 2 atom stereocenters. The number of amides is 2. The lowest BCUT2D eigenvalue weighted by atomic mass is 10.1. The summed E-state index contributed by atoms with van der Waals surface area (Å²) in [6.07, 6.45) is 3.18. The van der Waals surface area contributed by atoms with E-state index >= 15 is 0 Å². The lowest BCUT2D eigenvalue weighted by molar-refractivity contribution is 0.229. The molecule has 164 valence electrons. The number of urea groups is 1. The maximum Gasteiger partial charge on any atom is 0.315 e.